The largest absolute Gasteiger partial charge is 0.561 e. The van der Waals surface area contributed by atoms with Gasteiger partial charge in [-0.15, -0.1) is 0 Å². The molecule has 1 amide bonds. The number of hydroxylamine groups is 2. The van der Waals surface area contributed by atoms with E-state index in [9.17, 15) is 26.4 Å². The zero-order valence-corrected chi connectivity index (χ0v) is 12.0. The monoisotopic (exact) mass is 338 g/mol. The van der Waals surface area contributed by atoms with Gasteiger partial charge in [-0.25, -0.2) is 0 Å². The summed E-state index contributed by atoms with van der Waals surface area (Å²) in [5.74, 6) is 0. The lowest BCUT2D eigenvalue weighted by atomic mass is 10.2. The Morgan fingerprint density at radius 1 is 1.27 bits per heavy atom. The van der Waals surface area contributed by atoms with Crippen molar-refractivity contribution in [3.63, 3.8) is 0 Å². The number of carbonyl (C=O) groups is 1. The molecule has 1 aliphatic rings. The summed E-state index contributed by atoms with van der Waals surface area (Å²) >= 11 is 0. The Balaban J connectivity index is 2.56. The Hall–Kier alpha value is -1.91. The number of carbonyl (C=O) groups excluding carboxylic acids is 1. The molecule has 22 heavy (non-hydrogen) atoms. The lowest BCUT2D eigenvalue weighted by Gasteiger charge is -2.24. The van der Waals surface area contributed by atoms with Crippen LogP contribution in [0, 0.1) is 0 Å². The van der Waals surface area contributed by atoms with Crippen LogP contribution in [0.1, 0.15) is 12.5 Å². The van der Waals surface area contributed by atoms with E-state index in [0.29, 0.717) is 5.56 Å². The van der Waals surface area contributed by atoms with E-state index in [1.165, 1.54) is 31.2 Å². The fraction of sp³-hybridized carbons (Fsp3) is 0.250. The number of hydrogen-bond acceptors (Lipinski definition) is 5. The van der Waals surface area contributed by atoms with Crippen molar-refractivity contribution in [3.8, 4) is 0 Å². The normalized spacial score (nSPS) is 20.7. The molecule has 1 heterocycles. The quantitative estimate of drug-likeness (QED) is 0.626. The fourth-order valence-corrected chi connectivity index (χ4v) is 2.45. The van der Waals surface area contributed by atoms with Crippen molar-refractivity contribution in [2.45, 2.75) is 12.4 Å². The molecule has 120 valence electrons. The maximum absolute atomic E-state index is 12.6. The number of quaternary nitrogens is 1. The number of alkyl halides is 3. The summed E-state index contributed by atoms with van der Waals surface area (Å²) in [5, 5.41) is 0. The van der Waals surface area contributed by atoms with Crippen LogP contribution in [0.5, 0.6) is 0 Å². The van der Waals surface area contributed by atoms with Gasteiger partial charge in [0, 0.05) is 17.7 Å². The van der Waals surface area contributed by atoms with Gasteiger partial charge < -0.3 is 4.74 Å². The van der Waals surface area contributed by atoms with Crippen molar-refractivity contribution in [3.05, 3.63) is 36.0 Å². The topological polar surface area (TPSA) is 69.7 Å². The second-order valence-corrected chi connectivity index (χ2v) is 5.73. The summed E-state index contributed by atoms with van der Waals surface area (Å²) in [6.07, 6.45) is 0.862. The molecule has 0 N–H and O–H groups in total. The summed E-state index contributed by atoms with van der Waals surface area (Å²) in [6.45, 7) is 1.27. The van der Waals surface area contributed by atoms with Crippen LogP contribution in [0.2, 0.25) is 0 Å². The number of fused-ring (bicyclic) bond motifs is 1. The summed E-state index contributed by atoms with van der Waals surface area (Å²) in [5.41, 5.74) is -5.42. The van der Waals surface area contributed by atoms with Crippen molar-refractivity contribution in [2.24, 2.45) is 0 Å². The molecular formula is C12H11F3NO5S+. The van der Waals surface area contributed by atoms with Gasteiger partial charge >= 0.3 is 21.7 Å². The third-order valence-corrected chi connectivity index (χ3v) is 3.80. The molecule has 0 radical (unpaired) electrons. The van der Waals surface area contributed by atoms with Crippen molar-refractivity contribution in [1.29, 1.82) is 0 Å². The van der Waals surface area contributed by atoms with Crippen LogP contribution in [0.25, 0.3) is 6.08 Å². The van der Waals surface area contributed by atoms with E-state index in [-0.39, 0.29) is 12.3 Å². The van der Waals surface area contributed by atoms with E-state index in [0.717, 1.165) is 6.20 Å². The van der Waals surface area contributed by atoms with Crippen molar-refractivity contribution in [1.82, 2.24) is 4.65 Å². The van der Waals surface area contributed by atoms with Crippen molar-refractivity contribution < 1.29 is 35.4 Å². The van der Waals surface area contributed by atoms with Gasteiger partial charge in [0.05, 0.1) is 6.61 Å². The standard InChI is InChI=1S/C12H11F3NO5S/c1-2-20-11(17)16(21-22(18,19)12(13,14)15)8-7-9-5-3-4-6-10(9)16/h3-8H,2H2,1H3/q+1. The third-order valence-electron chi connectivity index (χ3n) is 2.80. The minimum Gasteiger partial charge on any atom is -0.417 e. The third kappa shape index (κ3) is 2.60. The first kappa shape index (κ1) is 16.5. The molecule has 0 fully saturated rings. The van der Waals surface area contributed by atoms with E-state index in [4.69, 9.17) is 0 Å². The van der Waals surface area contributed by atoms with Crippen LogP contribution >= 0.6 is 0 Å². The maximum Gasteiger partial charge on any atom is 0.561 e. The van der Waals surface area contributed by atoms with Gasteiger partial charge in [0.15, 0.2) is 5.69 Å². The number of benzene rings is 1. The molecule has 6 nitrogen and oxygen atoms in total. The van der Waals surface area contributed by atoms with Crippen molar-refractivity contribution >= 4 is 28.0 Å². The smallest absolute Gasteiger partial charge is 0.417 e. The number of rotatable bonds is 3. The Morgan fingerprint density at radius 3 is 2.50 bits per heavy atom. The minimum atomic E-state index is -6.03. The lowest BCUT2D eigenvalue weighted by molar-refractivity contribution is -0.0748. The van der Waals surface area contributed by atoms with Crippen LogP contribution < -0.4 is 4.65 Å². The fourth-order valence-electron chi connectivity index (χ4n) is 1.87. The molecule has 0 aliphatic carbocycles. The summed E-state index contributed by atoms with van der Waals surface area (Å²) in [7, 11) is -6.03. The van der Waals surface area contributed by atoms with Crippen LogP contribution in [0.4, 0.5) is 23.7 Å². The van der Waals surface area contributed by atoms with Crippen molar-refractivity contribution in [2.75, 3.05) is 6.61 Å². The molecular weight excluding hydrogens is 327 g/mol. The predicted molar refractivity (Wildman–Crippen MR) is 70.4 cm³/mol. The second-order valence-electron chi connectivity index (χ2n) is 4.21. The van der Waals surface area contributed by atoms with E-state index < -0.39 is 26.4 Å². The average molecular weight is 338 g/mol. The number of hydrogen-bond donors (Lipinski definition) is 0. The molecule has 1 aromatic carbocycles. The Bertz CT molecular complexity index is 729. The van der Waals surface area contributed by atoms with Crippen LogP contribution in [-0.2, 0) is 19.1 Å². The van der Waals surface area contributed by atoms with Gasteiger partial charge in [-0.3, -0.25) is 0 Å². The number of ether oxygens (including phenoxy) is 1. The highest BCUT2D eigenvalue weighted by Crippen LogP contribution is 2.40. The zero-order chi connectivity index (χ0) is 16.6. The maximum atomic E-state index is 12.6. The molecule has 1 unspecified atom stereocenters. The highest BCUT2D eigenvalue weighted by Gasteiger charge is 2.59. The molecule has 10 heteroatoms. The molecule has 1 aromatic rings. The van der Waals surface area contributed by atoms with Gasteiger partial charge in [0.2, 0.25) is 0 Å². The second kappa shape index (κ2) is 5.38. The minimum absolute atomic E-state index is 0.0891. The lowest BCUT2D eigenvalue weighted by Crippen LogP contribution is -2.52. The molecule has 1 aliphatic heterocycles. The summed E-state index contributed by atoms with van der Waals surface area (Å²) < 4.78 is 67.6. The highest BCUT2D eigenvalue weighted by atomic mass is 32.2. The number of para-hydroxylation sites is 1. The Morgan fingerprint density at radius 2 is 1.91 bits per heavy atom. The molecule has 0 spiro atoms. The number of amides is 1. The molecule has 0 saturated heterocycles. The highest BCUT2D eigenvalue weighted by molar-refractivity contribution is 7.87. The van der Waals surface area contributed by atoms with Gasteiger partial charge in [-0.1, -0.05) is 12.1 Å². The molecule has 1 atom stereocenters. The number of halogens is 3. The summed E-state index contributed by atoms with van der Waals surface area (Å²) in [6, 6.07) is 5.78. The molecule has 0 bridgehead atoms. The summed E-state index contributed by atoms with van der Waals surface area (Å²) in [4.78, 5) is 12.1. The molecule has 0 saturated carbocycles. The van der Waals surface area contributed by atoms with Gasteiger partial charge in [-0.2, -0.15) is 26.4 Å². The SMILES string of the molecule is CCOC(=O)[N+]1(OS(=O)(=O)C(F)(F)F)C=Cc2ccccc21. The van der Waals surface area contributed by atoms with E-state index in [1.807, 2.05) is 0 Å². The van der Waals surface area contributed by atoms with E-state index >= 15 is 0 Å². The van der Waals surface area contributed by atoms with E-state index in [2.05, 4.69) is 9.02 Å². The van der Waals surface area contributed by atoms with Gasteiger partial charge in [-0.05, 0) is 21.9 Å². The average Bonchev–Trinajstić information content (AvgIpc) is 2.78. The van der Waals surface area contributed by atoms with E-state index in [1.54, 1.807) is 6.07 Å². The zero-order valence-electron chi connectivity index (χ0n) is 11.2. The number of nitrogens with zero attached hydrogens (tertiary/aromatic N) is 1. The Labute approximate surface area is 124 Å². The first-order valence-corrected chi connectivity index (χ1v) is 7.42. The molecule has 0 aromatic heterocycles. The van der Waals surface area contributed by atoms with Crippen LogP contribution in [0.3, 0.4) is 0 Å². The first-order valence-electron chi connectivity index (χ1n) is 6.01. The van der Waals surface area contributed by atoms with Crippen LogP contribution in [-0.4, -0.2) is 26.6 Å². The van der Waals surface area contributed by atoms with Gasteiger partial charge in [0.25, 0.3) is 0 Å². The first-order chi connectivity index (χ1) is 10.1. The Kier molecular flexibility index (Phi) is 4.02. The predicted octanol–water partition coefficient (Wildman–Crippen LogP) is 2.92. The van der Waals surface area contributed by atoms with Gasteiger partial charge in [0.1, 0.15) is 6.20 Å². The molecule has 2 rings (SSSR count). The van der Waals surface area contributed by atoms with Crippen LogP contribution in [0.15, 0.2) is 30.5 Å².